The number of hydrogen-bond acceptors (Lipinski definition) is 3. The van der Waals surface area contributed by atoms with Crippen LogP contribution in [0, 0.1) is 5.82 Å². The van der Waals surface area contributed by atoms with Gasteiger partial charge in [-0.1, -0.05) is 35.9 Å². The third-order valence-corrected chi connectivity index (χ3v) is 5.02. The quantitative estimate of drug-likeness (QED) is 0.641. The normalized spacial score (nSPS) is 18.9. The number of aromatic amines is 1. The van der Waals surface area contributed by atoms with Crippen molar-refractivity contribution in [3.05, 3.63) is 70.1 Å². The zero-order chi connectivity index (χ0) is 17.6. The highest BCUT2D eigenvalue weighted by atomic mass is 35.5. The number of carbonyl (C=O) groups excluding carboxylic acids is 1. The van der Waals surface area contributed by atoms with Gasteiger partial charge >= 0.3 is 5.97 Å². The summed E-state index contributed by atoms with van der Waals surface area (Å²) in [5.41, 5.74) is 3.07. The molecule has 2 heterocycles. The fraction of sp³-hybridized carbons (Fsp3) is 0.211. The van der Waals surface area contributed by atoms with E-state index in [1.165, 1.54) is 13.2 Å². The van der Waals surface area contributed by atoms with E-state index in [0.717, 1.165) is 22.2 Å². The minimum Gasteiger partial charge on any atom is -0.468 e. The number of H-pyrrole nitrogens is 1. The van der Waals surface area contributed by atoms with Crippen molar-refractivity contribution in [2.45, 2.75) is 18.5 Å². The molecule has 0 bridgehead atoms. The number of carbonyl (C=O) groups is 1. The molecule has 7 heteroatoms. The van der Waals surface area contributed by atoms with Crippen LogP contribution in [-0.4, -0.2) is 24.1 Å². The van der Waals surface area contributed by atoms with Crippen molar-refractivity contribution in [1.29, 1.82) is 0 Å². The van der Waals surface area contributed by atoms with Crippen molar-refractivity contribution in [3.63, 3.8) is 0 Å². The highest BCUT2D eigenvalue weighted by Gasteiger charge is 2.36. The Labute approximate surface area is 161 Å². The van der Waals surface area contributed by atoms with Crippen LogP contribution in [-0.2, 0) is 16.0 Å². The number of halogens is 3. The Hall–Kier alpha value is -2.08. The molecule has 136 valence electrons. The molecule has 0 radical (unpaired) electrons. The van der Waals surface area contributed by atoms with Gasteiger partial charge in [0.1, 0.15) is 11.9 Å². The molecule has 2 unspecified atom stereocenters. The van der Waals surface area contributed by atoms with E-state index in [-0.39, 0.29) is 18.4 Å². The van der Waals surface area contributed by atoms with Gasteiger partial charge < -0.3 is 9.72 Å². The Morgan fingerprint density at radius 3 is 2.73 bits per heavy atom. The average Bonchev–Trinajstić information content (AvgIpc) is 2.99. The Kier molecular flexibility index (Phi) is 5.23. The Morgan fingerprint density at radius 1 is 1.23 bits per heavy atom. The molecule has 0 amide bonds. The molecule has 0 saturated heterocycles. The maximum atomic E-state index is 14.5. The average molecular weight is 395 g/mol. The van der Waals surface area contributed by atoms with Crippen LogP contribution in [0.5, 0.6) is 0 Å². The fourth-order valence-corrected chi connectivity index (χ4v) is 3.81. The molecule has 3 aromatic rings. The highest BCUT2D eigenvalue weighted by Crippen LogP contribution is 2.38. The summed E-state index contributed by atoms with van der Waals surface area (Å²) >= 11 is 6.28. The maximum Gasteiger partial charge on any atom is 0.323 e. The zero-order valence-electron chi connectivity index (χ0n) is 13.9. The molecule has 26 heavy (non-hydrogen) atoms. The molecule has 2 atom stereocenters. The smallest absolute Gasteiger partial charge is 0.323 e. The second-order valence-corrected chi connectivity index (χ2v) is 6.48. The second kappa shape index (κ2) is 7.27. The molecular weight excluding hydrogens is 378 g/mol. The van der Waals surface area contributed by atoms with Crippen LogP contribution in [0.3, 0.4) is 0 Å². The van der Waals surface area contributed by atoms with Crippen molar-refractivity contribution in [3.8, 4) is 0 Å². The van der Waals surface area contributed by atoms with Crippen LogP contribution >= 0.6 is 24.0 Å². The molecule has 0 aliphatic carbocycles. The molecule has 2 N–H and O–H groups in total. The van der Waals surface area contributed by atoms with Gasteiger partial charge in [0, 0.05) is 33.6 Å². The van der Waals surface area contributed by atoms with E-state index < -0.39 is 17.9 Å². The molecule has 4 nitrogen and oxygen atoms in total. The van der Waals surface area contributed by atoms with Crippen LogP contribution in [0.1, 0.15) is 22.9 Å². The molecular formula is C19H17Cl2FN2O2. The number of ether oxygens (including phenoxy) is 1. The van der Waals surface area contributed by atoms with Crippen molar-refractivity contribution in [2.24, 2.45) is 0 Å². The first-order valence-corrected chi connectivity index (χ1v) is 8.35. The topological polar surface area (TPSA) is 54.1 Å². The van der Waals surface area contributed by atoms with Crippen LogP contribution in [0.4, 0.5) is 4.39 Å². The summed E-state index contributed by atoms with van der Waals surface area (Å²) in [6.07, 6.45) is 0.467. The Balaban J connectivity index is 0.00000196. The van der Waals surface area contributed by atoms with Crippen LogP contribution in [0.25, 0.3) is 10.9 Å². The predicted molar refractivity (Wildman–Crippen MR) is 101 cm³/mol. The summed E-state index contributed by atoms with van der Waals surface area (Å²) in [6, 6.07) is 11.3. The molecule has 1 aliphatic heterocycles. The minimum absolute atomic E-state index is 0. The third-order valence-electron chi connectivity index (χ3n) is 4.69. The van der Waals surface area contributed by atoms with E-state index in [9.17, 15) is 9.18 Å². The van der Waals surface area contributed by atoms with E-state index in [4.69, 9.17) is 16.3 Å². The molecule has 1 aromatic heterocycles. The van der Waals surface area contributed by atoms with Gasteiger partial charge in [-0.2, -0.15) is 0 Å². The zero-order valence-corrected chi connectivity index (χ0v) is 15.5. The van der Waals surface area contributed by atoms with Gasteiger partial charge in [-0.3, -0.25) is 10.1 Å². The van der Waals surface area contributed by atoms with Crippen molar-refractivity contribution >= 4 is 40.9 Å². The van der Waals surface area contributed by atoms with Gasteiger partial charge in [0.2, 0.25) is 0 Å². The van der Waals surface area contributed by atoms with Gasteiger partial charge in [0.15, 0.2) is 0 Å². The summed E-state index contributed by atoms with van der Waals surface area (Å²) in [5.74, 6) is -0.798. The van der Waals surface area contributed by atoms with E-state index in [2.05, 4.69) is 10.3 Å². The number of hydrogen-bond donors (Lipinski definition) is 2. The number of aromatic nitrogens is 1. The highest BCUT2D eigenvalue weighted by molar-refractivity contribution is 6.31. The molecule has 0 saturated carbocycles. The summed E-state index contributed by atoms with van der Waals surface area (Å²) in [5, 5.41) is 4.52. The molecule has 4 rings (SSSR count). The molecule has 0 fully saturated rings. The summed E-state index contributed by atoms with van der Waals surface area (Å²) in [6.45, 7) is 0. The van der Waals surface area contributed by atoms with Crippen LogP contribution in [0.2, 0.25) is 5.02 Å². The van der Waals surface area contributed by atoms with Gasteiger partial charge in [-0.05, 0) is 23.8 Å². The summed E-state index contributed by atoms with van der Waals surface area (Å²) in [4.78, 5) is 15.5. The van der Waals surface area contributed by atoms with E-state index in [1.807, 2.05) is 24.3 Å². The van der Waals surface area contributed by atoms with E-state index in [0.29, 0.717) is 17.0 Å². The van der Waals surface area contributed by atoms with Crippen LogP contribution < -0.4 is 5.32 Å². The number of rotatable bonds is 2. The number of fused-ring (bicyclic) bond motifs is 3. The first-order valence-electron chi connectivity index (χ1n) is 7.97. The van der Waals surface area contributed by atoms with E-state index >= 15 is 0 Å². The second-order valence-electron chi connectivity index (χ2n) is 6.08. The fourth-order valence-electron chi connectivity index (χ4n) is 3.54. The van der Waals surface area contributed by atoms with Gasteiger partial charge in [-0.15, -0.1) is 12.4 Å². The van der Waals surface area contributed by atoms with Crippen molar-refractivity contribution < 1.29 is 13.9 Å². The van der Waals surface area contributed by atoms with Gasteiger partial charge in [-0.25, -0.2) is 4.39 Å². The van der Waals surface area contributed by atoms with Crippen LogP contribution in [0.15, 0.2) is 42.5 Å². The third kappa shape index (κ3) is 2.96. The molecule has 1 aliphatic rings. The lowest BCUT2D eigenvalue weighted by Crippen LogP contribution is -2.45. The first kappa shape index (κ1) is 18.7. The number of nitrogens with one attached hydrogen (secondary N) is 2. The van der Waals surface area contributed by atoms with Crippen molar-refractivity contribution in [1.82, 2.24) is 10.3 Å². The predicted octanol–water partition coefficient (Wildman–Crippen LogP) is 4.16. The largest absolute Gasteiger partial charge is 0.468 e. The minimum atomic E-state index is -0.572. The number of esters is 1. The Bertz CT molecular complexity index is 953. The van der Waals surface area contributed by atoms with E-state index in [1.54, 1.807) is 12.1 Å². The van der Waals surface area contributed by atoms with Gasteiger partial charge in [0.25, 0.3) is 0 Å². The number of methoxy groups -OCH3 is 1. The number of para-hydroxylation sites is 1. The first-order chi connectivity index (χ1) is 12.1. The molecule has 0 spiro atoms. The summed E-state index contributed by atoms with van der Waals surface area (Å²) < 4.78 is 19.4. The summed E-state index contributed by atoms with van der Waals surface area (Å²) in [7, 11) is 1.35. The SMILES string of the molecule is COC(=O)C1Cc2c([nH]c3ccccc23)C(c2c(F)cccc2Cl)N1.Cl. The lowest BCUT2D eigenvalue weighted by molar-refractivity contribution is -0.143. The lowest BCUT2D eigenvalue weighted by Gasteiger charge is -2.30. The van der Waals surface area contributed by atoms with Gasteiger partial charge in [0.05, 0.1) is 13.2 Å². The maximum absolute atomic E-state index is 14.5. The Morgan fingerprint density at radius 2 is 2.00 bits per heavy atom. The standard InChI is InChI=1S/C19H16ClFN2O2.ClH/c1-25-19(24)15-9-11-10-5-2-3-8-14(10)22-17(11)18(23-15)16-12(20)6-4-7-13(16)21;/h2-8,15,18,22-23H,9H2,1H3;1H. The van der Waals surface area contributed by atoms with Crippen molar-refractivity contribution in [2.75, 3.05) is 7.11 Å². The molecule has 2 aromatic carbocycles. The lowest BCUT2D eigenvalue weighted by atomic mass is 9.90. The monoisotopic (exact) mass is 394 g/mol. The number of benzene rings is 2.